The van der Waals surface area contributed by atoms with Crippen LogP contribution in [0, 0.1) is 18.3 Å². The minimum Gasteiger partial charge on any atom is -0.381 e. The largest absolute Gasteiger partial charge is 0.381 e. The molecule has 2 aromatic heterocycles. The Balaban J connectivity index is 1.67. The van der Waals surface area contributed by atoms with Crippen LogP contribution in [0.25, 0.3) is 11.4 Å². The van der Waals surface area contributed by atoms with Crippen LogP contribution in [0.1, 0.15) is 47.0 Å². The monoisotopic (exact) mass is 388 g/mol. The van der Waals surface area contributed by atoms with Crippen molar-refractivity contribution in [3.8, 4) is 17.5 Å². The molecule has 3 aromatic rings. The van der Waals surface area contributed by atoms with Crippen LogP contribution in [0.5, 0.6) is 0 Å². The van der Waals surface area contributed by atoms with E-state index in [4.69, 9.17) is 15.5 Å². The Morgan fingerprint density at radius 3 is 2.69 bits per heavy atom. The summed E-state index contributed by atoms with van der Waals surface area (Å²) in [4.78, 5) is 13.7. The SMILES string of the molecule is Cc1nc(C2CCOCC2)cn1Cc1cc(C#N)ccc1-c1ncc(CN)cn1. The third-order valence-electron chi connectivity index (χ3n) is 5.39. The highest BCUT2D eigenvalue weighted by molar-refractivity contribution is 5.62. The molecule has 0 bridgehead atoms. The zero-order valence-electron chi connectivity index (χ0n) is 16.5. The quantitative estimate of drug-likeness (QED) is 0.721. The van der Waals surface area contributed by atoms with Gasteiger partial charge < -0.3 is 15.0 Å². The summed E-state index contributed by atoms with van der Waals surface area (Å²) in [7, 11) is 0. The number of hydrogen-bond acceptors (Lipinski definition) is 6. The lowest BCUT2D eigenvalue weighted by atomic mass is 9.97. The van der Waals surface area contributed by atoms with Gasteiger partial charge in [0.2, 0.25) is 0 Å². The standard InChI is InChI=1S/C22H24N6O/c1-15-27-21(18-4-6-29-7-5-18)14-28(15)13-19-8-16(9-23)2-3-20(19)22-25-11-17(10-24)12-26-22/h2-3,8,11-12,14,18H,4-7,10,13,24H2,1H3. The van der Waals surface area contributed by atoms with Gasteiger partial charge in [-0.05, 0) is 43.5 Å². The van der Waals surface area contributed by atoms with Gasteiger partial charge in [-0.15, -0.1) is 0 Å². The van der Waals surface area contributed by atoms with E-state index >= 15 is 0 Å². The normalized spacial score (nSPS) is 14.7. The van der Waals surface area contributed by atoms with Crippen LogP contribution in [-0.2, 0) is 17.8 Å². The van der Waals surface area contributed by atoms with Crippen LogP contribution in [0.2, 0.25) is 0 Å². The number of ether oxygens (including phenoxy) is 1. The molecular formula is C22H24N6O. The van der Waals surface area contributed by atoms with Gasteiger partial charge in [0.25, 0.3) is 0 Å². The summed E-state index contributed by atoms with van der Waals surface area (Å²) in [6.07, 6.45) is 7.64. The van der Waals surface area contributed by atoms with Gasteiger partial charge in [0.05, 0.1) is 17.3 Å². The Kier molecular flexibility index (Phi) is 5.65. The van der Waals surface area contributed by atoms with Gasteiger partial charge in [-0.25, -0.2) is 15.0 Å². The molecule has 1 aliphatic heterocycles. The first kappa shape index (κ1) is 19.2. The average Bonchev–Trinajstić information content (AvgIpc) is 3.14. The van der Waals surface area contributed by atoms with Crippen molar-refractivity contribution in [1.29, 1.82) is 5.26 Å². The second-order valence-corrected chi connectivity index (χ2v) is 7.33. The minimum atomic E-state index is 0.406. The number of nitrogens with zero attached hydrogens (tertiary/aromatic N) is 5. The maximum absolute atomic E-state index is 9.36. The Bertz CT molecular complexity index is 1030. The molecule has 1 fully saturated rings. The molecule has 148 valence electrons. The van der Waals surface area contributed by atoms with E-state index in [1.807, 2.05) is 19.1 Å². The predicted octanol–water partition coefficient (Wildman–Crippen LogP) is 2.92. The van der Waals surface area contributed by atoms with Crippen molar-refractivity contribution >= 4 is 0 Å². The smallest absolute Gasteiger partial charge is 0.159 e. The van der Waals surface area contributed by atoms with Gasteiger partial charge in [-0.3, -0.25) is 0 Å². The molecule has 0 unspecified atom stereocenters. The molecule has 1 saturated heterocycles. The molecule has 0 radical (unpaired) electrons. The molecule has 7 heteroatoms. The first-order valence-electron chi connectivity index (χ1n) is 9.83. The van der Waals surface area contributed by atoms with Crippen LogP contribution >= 0.6 is 0 Å². The summed E-state index contributed by atoms with van der Waals surface area (Å²) >= 11 is 0. The van der Waals surface area contributed by atoms with E-state index in [2.05, 4.69) is 26.8 Å². The fourth-order valence-electron chi connectivity index (χ4n) is 3.68. The first-order chi connectivity index (χ1) is 14.2. The molecular weight excluding hydrogens is 364 g/mol. The lowest BCUT2D eigenvalue weighted by molar-refractivity contribution is 0.0845. The van der Waals surface area contributed by atoms with Crippen molar-refractivity contribution in [3.05, 3.63) is 65.0 Å². The molecule has 29 heavy (non-hydrogen) atoms. The number of imidazole rings is 1. The van der Waals surface area contributed by atoms with Crippen LogP contribution in [0.3, 0.4) is 0 Å². The van der Waals surface area contributed by atoms with E-state index in [1.165, 1.54) is 0 Å². The Morgan fingerprint density at radius 2 is 2.00 bits per heavy atom. The molecule has 0 spiro atoms. The van der Waals surface area contributed by atoms with Crippen molar-refractivity contribution < 1.29 is 4.74 Å². The fraction of sp³-hybridized carbons (Fsp3) is 0.364. The van der Waals surface area contributed by atoms with Crippen molar-refractivity contribution in [2.24, 2.45) is 5.73 Å². The summed E-state index contributed by atoms with van der Waals surface area (Å²) in [6, 6.07) is 7.84. The number of rotatable bonds is 5. The Labute approximate surface area is 170 Å². The maximum atomic E-state index is 9.36. The highest BCUT2D eigenvalue weighted by Crippen LogP contribution is 2.28. The van der Waals surface area contributed by atoms with E-state index in [-0.39, 0.29) is 0 Å². The van der Waals surface area contributed by atoms with E-state index in [0.29, 0.717) is 30.4 Å². The number of nitrogens with two attached hydrogens (primary N) is 1. The second-order valence-electron chi connectivity index (χ2n) is 7.33. The number of hydrogen-bond donors (Lipinski definition) is 1. The highest BCUT2D eigenvalue weighted by Gasteiger charge is 2.20. The van der Waals surface area contributed by atoms with E-state index < -0.39 is 0 Å². The van der Waals surface area contributed by atoms with E-state index in [9.17, 15) is 5.26 Å². The third-order valence-corrected chi connectivity index (χ3v) is 5.39. The van der Waals surface area contributed by atoms with Gasteiger partial charge in [-0.2, -0.15) is 5.26 Å². The summed E-state index contributed by atoms with van der Waals surface area (Å²) < 4.78 is 7.61. The van der Waals surface area contributed by atoms with Crippen molar-refractivity contribution in [2.75, 3.05) is 13.2 Å². The highest BCUT2D eigenvalue weighted by atomic mass is 16.5. The third kappa shape index (κ3) is 4.19. The lowest BCUT2D eigenvalue weighted by Gasteiger charge is -2.19. The topological polar surface area (TPSA) is 103 Å². The molecule has 1 aliphatic rings. The number of nitriles is 1. The van der Waals surface area contributed by atoms with Crippen LogP contribution in [-0.4, -0.2) is 32.7 Å². The van der Waals surface area contributed by atoms with Gasteiger partial charge in [0, 0.05) is 61.9 Å². The van der Waals surface area contributed by atoms with Crippen LogP contribution in [0.15, 0.2) is 36.8 Å². The van der Waals surface area contributed by atoms with E-state index in [1.54, 1.807) is 18.5 Å². The zero-order valence-corrected chi connectivity index (χ0v) is 16.5. The maximum Gasteiger partial charge on any atom is 0.159 e. The van der Waals surface area contributed by atoms with E-state index in [0.717, 1.165) is 54.3 Å². The van der Waals surface area contributed by atoms with Crippen LogP contribution in [0.4, 0.5) is 0 Å². The minimum absolute atomic E-state index is 0.406. The molecule has 0 saturated carbocycles. The number of aromatic nitrogens is 4. The number of aryl methyl sites for hydroxylation is 1. The summed E-state index contributed by atoms with van der Waals surface area (Å²) in [5, 5.41) is 9.36. The second kappa shape index (κ2) is 8.52. The van der Waals surface area contributed by atoms with Crippen LogP contribution < -0.4 is 5.73 Å². The van der Waals surface area contributed by atoms with Crippen molar-refractivity contribution in [3.63, 3.8) is 0 Å². The predicted molar refractivity (Wildman–Crippen MR) is 109 cm³/mol. The number of benzene rings is 1. The molecule has 0 aliphatic carbocycles. The molecule has 2 N–H and O–H groups in total. The molecule has 4 rings (SSSR count). The molecule has 0 amide bonds. The van der Waals surface area contributed by atoms with Crippen molar-refractivity contribution in [1.82, 2.24) is 19.5 Å². The molecule has 1 aromatic carbocycles. The van der Waals surface area contributed by atoms with Gasteiger partial charge in [-0.1, -0.05) is 0 Å². The average molecular weight is 388 g/mol. The summed E-state index contributed by atoms with van der Waals surface area (Å²) in [6.45, 7) is 4.62. The Morgan fingerprint density at radius 1 is 1.24 bits per heavy atom. The molecule has 3 heterocycles. The summed E-state index contributed by atoms with van der Waals surface area (Å²) in [5.74, 6) is 2.03. The fourth-order valence-corrected chi connectivity index (χ4v) is 3.68. The van der Waals surface area contributed by atoms with Gasteiger partial charge in [0.15, 0.2) is 5.82 Å². The van der Waals surface area contributed by atoms with Gasteiger partial charge >= 0.3 is 0 Å². The van der Waals surface area contributed by atoms with Gasteiger partial charge in [0.1, 0.15) is 5.82 Å². The Hall–Kier alpha value is -3.08. The molecule has 7 nitrogen and oxygen atoms in total. The summed E-state index contributed by atoms with van der Waals surface area (Å²) in [5.41, 5.74) is 10.2. The zero-order chi connectivity index (χ0) is 20.2. The van der Waals surface area contributed by atoms with Crippen molar-refractivity contribution in [2.45, 2.75) is 38.8 Å². The lowest BCUT2D eigenvalue weighted by Crippen LogP contribution is -2.14. The first-order valence-corrected chi connectivity index (χ1v) is 9.83. The molecule has 0 atom stereocenters.